The summed E-state index contributed by atoms with van der Waals surface area (Å²) in [5, 5.41) is 53.5. The van der Waals surface area contributed by atoms with E-state index in [0.29, 0.717) is 50.7 Å². The summed E-state index contributed by atoms with van der Waals surface area (Å²) >= 11 is 0. The number of azo groups is 2. The number of carbonyl (C=O) groups excluding carboxylic acids is 2. The number of rotatable bonds is 10. The van der Waals surface area contributed by atoms with Crippen molar-refractivity contribution in [1.29, 1.82) is 0 Å². The van der Waals surface area contributed by atoms with Crippen LogP contribution in [0.1, 0.15) is 45.7 Å². The molecule has 67 heavy (non-hydrogen) atoms. The molecule has 6 aromatic rings. The molecule has 6 aromatic carbocycles. The van der Waals surface area contributed by atoms with Gasteiger partial charge >= 0.3 is 55.3 Å². The minimum atomic E-state index is -0.833. The van der Waals surface area contributed by atoms with Crippen molar-refractivity contribution in [3.8, 4) is 5.75 Å². The van der Waals surface area contributed by atoms with Gasteiger partial charge in [0.1, 0.15) is 17.6 Å². The van der Waals surface area contributed by atoms with E-state index in [-0.39, 0.29) is 77.8 Å². The Bertz CT molecular complexity index is 3110. The SMILES string of the molecule is CC(=O)O.CC(=O)O.O=C(Nc1ccc(Cc2ccc(NC(=O)c3cc4ccccc4[c-](N=NC4=CC=C=C[CH-]4)c3=O)cc2)cc1)c1cc2ccccc2c(N=NC2=CC=[C+]C=C2)c1[O-].[Hg+].[Hg+]. The van der Waals surface area contributed by atoms with Crippen LogP contribution < -0.4 is 21.2 Å². The van der Waals surface area contributed by atoms with Gasteiger partial charge in [-0.1, -0.05) is 66.4 Å². The number of nitrogens with one attached hydrogen (secondary N) is 2. The monoisotopic (exact) mass is 1270 g/mol. The summed E-state index contributed by atoms with van der Waals surface area (Å²) in [5.41, 5.74) is 6.60. The summed E-state index contributed by atoms with van der Waals surface area (Å²) in [6.45, 7) is 2.17. The van der Waals surface area contributed by atoms with Crippen LogP contribution in [0.15, 0.2) is 194 Å². The fourth-order valence-corrected chi connectivity index (χ4v) is 6.30. The Kier molecular flexibility index (Phi) is 19.8. The zero-order valence-electron chi connectivity index (χ0n) is 36.3. The average molecular weight is 1260 g/mol. The van der Waals surface area contributed by atoms with Crippen molar-refractivity contribution in [1.82, 2.24) is 0 Å². The van der Waals surface area contributed by atoms with Crippen molar-refractivity contribution in [3.63, 3.8) is 0 Å². The van der Waals surface area contributed by atoms with Gasteiger partial charge in [0.05, 0.1) is 17.8 Å². The molecule has 2 radical (unpaired) electrons. The van der Waals surface area contributed by atoms with Crippen molar-refractivity contribution in [2.24, 2.45) is 20.5 Å². The number of carbonyl (C=O) groups is 4. The molecule has 0 aliphatic heterocycles. The molecule has 0 heterocycles. The number of hydrogen-bond donors (Lipinski definition) is 4. The van der Waals surface area contributed by atoms with Crippen molar-refractivity contribution >= 4 is 68.0 Å². The van der Waals surface area contributed by atoms with Crippen LogP contribution in [0.2, 0.25) is 0 Å². The van der Waals surface area contributed by atoms with E-state index in [4.69, 9.17) is 19.8 Å². The van der Waals surface area contributed by atoms with Gasteiger partial charge in [0.25, 0.3) is 17.8 Å². The molecular weight excluding hydrogens is 1230 g/mol. The Hall–Kier alpha value is -7.35. The van der Waals surface area contributed by atoms with Crippen LogP contribution in [0.3, 0.4) is 0 Å². The van der Waals surface area contributed by atoms with E-state index in [2.05, 4.69) is 42.9 Å². The average Bonchev–Trinajstić information content (AvgIpc) is 3.29. The summed E-state index contributed by atoms with van der Waals surface area (Å²) in [6, 6.07) is 32.3. The van der Waals surface area contributed by atoms with Crippen molar-refractivity contribution < 1.29 is 89.8 Å². The fraction of sp³-hybridized carbons (Fsp3) is 0.0588. The van der Waals surface area contributed by atoms with Gasteiger partial charge in [0, 0.05) is 53.5 Å². The van der Waals surface area contributed by atoms with Crippen molar-refractivity contribution in [2.45, 2.75) is 20.3 Å². The maximum absolute atomic E-state index is 13.5. The van der Waals surface area contributed by atoms with Crippen LogP contribution in [-0.2, 0) is 71.3 Å². The number of nitrogens with zero attached hydrogens (tertiary/aromatic N) is 4. The first-order valence-electron chi connectivity index (χ1n) is 19.8. The summed E-state index contributed by atoms with van der Waals surface area (Å²) < 4.78 is 0. The molecule has 16 heteroatoms. The fourth-order valence-electron chi connectivity index (χ4n) is 6.30. The summed E-state index contributed by atoms with van der Waals surface area (Å²) in [5.74, 6) is -3.30. The normalized spacial score (nSPS) is 11.9. The Balaban J connectivity index is 0.000000909. The molecule has 0 saturated carbocycles. The molecule has 0 atom stereocenters. The van der Waals surface area contributed by atoms with Crippen LogP contribution >= 0.6 is 0 Å². The van der Waals surface area contributed by atoms with Gasteiger partial charge in [-0.15, -0.1) is 63.8 Å². The second kappa shape index (κ2) is 25.4. The Morgan fingerprint density at radius 3 is 1.90 bits per heavy atom. The van der Waals surface area contributed by atoms with E-state index in [9.17, 15) is 19.5 Å². The molecule has 0 bridgehead atoms. The minimum Gasteiger partial charge on any atom is -0.870 e. The first-order chi connectivity index (χ1) is 31.4. The number of benzene rings is 6. The van der Waals surface area contributed by atoms with Crippen molar-refractivity contribution in [2.75, 3.05) is 10.6 Å². The van der Waals surface area contributed by atoms with Gasteiger partial charge in [-0.25, -0.2) is 0 Å². The van der Waals surface area contributed by atoms with Gasteiger partial charge in [-0.05, 0) is 59.0 Å². The quantitative estimate of drug-likeness (QED) is 0.0446. The molecule has 4 N–H and O–H groups in total. The number of allylic oxidation sites excluding steroid dienone is 7. The number of amides is 2. The largest absolute Gasteiger partial charge is 1.00 e. The van der Waals surface area contributed by atoms with Gasteiger partial charge in [-0.2, -0.15) is 10.2 Å². The molecule has 0 fully saturated rings. The number of carboxylic acids is 2. The predicted octanol–water partition coefficient (Wildman–Crippen LogP) is 10.2. The standard InChI is InChI=1S/C47H31N6O4.2C2H4O2.2Hg/c54-44-40(28-32-11-7-9-17-38(32)42(44)52-50-36-13-3-1-4-14-36)46(56)48-34-23-19-30(20-24-34)27-31-21-25-35(26-22-31)49-47(57)41-29-33-12-8-10-18-39(33)43(45(41)55)53-51-37-15-5-2-6-16-37;2*1-2(3)4;;/h3-26,28-29,54H,27H2,(H,48,56)(H,49,57);2*1H3,(H,3,4);;/q-1;;;2*+1/p-1. The zero-order chi connectivity index (χ0) is 46.3. The Labute approximate surface area is 425 Å². The molecule has 0 aromatic heterocycles. The van der Waals surface area contributed by atoms with Crippen LogP contribution in [-0.4, -0.2) is 34.0 Å². The van der Waals surface area contributed by atoms with Crippen LogP contribution in [0, 0.1) is 12.5 Å². The number of anilines is 2. The third-order valence-electron chi connectivity index (χ3n) is 9.20. The van der Waals surface area contributed by atoms with E-state index in [1.807, 2.05) is 48.5 Å². The first-order valence-corrected chi connectivity index (χ1v) is 19.8. The molecule has 14 nitrogen and oxygen atoms in total. The minimum absolute atomic E-state index is 0. The summed E-state index contributed by atoms with van der Waals surface area (Å²) in [7, 11) is 0. The zero-order valence-corrected chi connectivity index (χ0v) is 47.3. The molecule has 8 rings (SSSR count). The summed E-state index contributed by atoms with van der Waals surface area (Å²) in [6.07, 6.45) is 17.2. The van der Waals surface area contributed by atoms with Crippen LogP contribution in [0.25, 0.3) is 21.5 Å². The van der Waals surface area contributed by atoms with E-state index in [1.54, 1.807) is 110 Å². The van der Waals surface area contributed by atoms with Gasteiger partial charge in [0.15, 0.2) is 5.70 Å². The van der Waals surface area contributed by atoms with E-state index >= 15 is 0 Å². The van der Waals surface area contributed by atoms with Gasteiger partial charge < -0.3 is 30.7 Å². The Morgan fingerprint density at radius 1 is 0.746 bits per heavy atom. The molecule has 2 aliphatic rings. The third kappa shape index (κ3) is 14.8. The molecule has 0 spiro atoms. The van der Waals surface area contributed by atoms with E-state index in [1.165, 1.54) is 0 Å². The maximum Gasteiger partial charge on any atom is 1.00 e. The Morgan fingerprint density at radius 2 is 1.31 bits per heavy atom. The van der Waals surface area contributed by atoms with Gasteiger partial charge in [-0.3, -0.25) is 24.9 Å². The molecule has 324 valence electrons. The van der Waals surface area contributed by atoms with Crippen molar-refractivity contribution in [3.05, 3.63) is 214 Å². The van der Waals surface area contributed by atoms with Gasteiger partial charge in [0.2, 0.25) is 5.91 Å². The van der Waals surface area contributed by atoms with Crippen LogP contribution in [0.4, 0.5) is 22.7 Å². The first kappa shape index (κ1) is 52.3. The second-order valence-corrected chi connectivity index (χ2v) is 14.1. The second-order valence-electron chi connectivity index (χ2n) is 14.1. The molecular formula is C51H38Hg2N6O8. The number of carboxylic acid groups (broad SMARTS) is 2. The molecule has 0 saturated heterocycles. The molecule has 0 unspecified atom stereocenters. The molecule has 2 aliphatic carbocycles. The van der Waals surface area contributed by atoms with E-state index < -0.39 is 34.9 Å². The molecule has 2 amide bonds. The number of aliphatic carboxylic acids is 2. The van der Waals surface area contributed by atoms with E-state index in [0.717, 1.165) is 25.0 Å². The predicted molar refractivity (Wildman–Crippen MR) is 247 cm³/mol. The number of hydrogen-bond acceptors (Lipinski definition) is 10. The maximum atomic E-state index is 13.5. The smallest absolute Gasteiger partial charge is 0.870 e. The topological polar surface area (TPSA) is 222 Å². The third-order valence-corrected chi connectivity index (χ3v) is 9.20. The number of fused-ring (bicyclic) bond motifs is 2. The van der Waals surface area contributed by atoms with Crippen LogP contribution in [0.5, 0.6) is 5.75 Å². The summed E-state index contributed by atoms with van der Waals surface area (Å²) in [4.78, 5) is 58.3.